The summed E-state index contributed by atoms with van der Waals surface area (Å²) in [6.45, 7) is 18.9. The second-order valence-electron chi connectivity index (χ2n) is 13.9. The monoisotopic (exact) mass is 599 g/mol. The first kappa shape index (κ1) is 30.9. The largest absolute Gasteiger partial charge is 0.473 e. The summed E-state index contributed by atoms with van der Waals surface area (Å²) < 4.78 is 13.0. The highest BCUT2D eigenvalue weighted by molar-refractivity contribution is 6.74. The van der Waals surface area contributed by atoms with Gasteiger partial charge in [0.15, 0.2) is 8.32 Å². The summed E-state index contributed by atoms with van der Waals surface area (Å²) in [7, 11) is 0.187. The molecule has 4 heterocycles. The van der Waals surface area contributed by atoms with E-state index in [2.05, 4.69) is 85.5 Å². The molecule has 1 atom stereocenters. The zero-order chi connectivity index (χ0) is 31.0. The van der Waals surface area contributed by atoms with Gasteiger partial charge in [-0.25, -0.2) is 15.0 Å². The molecular weight excluding hydrogens is 554 g/mol. The van der Waals surface area contributed by atoms with E-state index < -0.39 is 8.32 Å². The number of aryl methyl sites for hydroxylation is 1. The van der Waals surface area contributed by atoms with E-state index in [9.17, 15) is 5.26 Å². The Kier molecular flexibility index (Phi) is 8.53. The van der Waals surface area contributed by atoms with Crippen molar-refractivity contribution in [2.75, 3.05) is 43.9 Å². The number of likely N-dealkylation sites (tertiary alicyclic amines) is 1. The van der Waals surface area contributed by atoms with Crippen LogP contribution in [0.25, 0.3) is 11.3 Å². The van der Waals surface area contributed by atoms with Gasteiger partial charge in [-0.2, -0.15) is 5.26 Å². The molecule has 2 aliphatic heterocycles. The number of rotatable bonds is 8. The summed E-state index contributed by atoms with van der Waals surface area (Å²) in [4.78, 5) is 16.3. The van der Waals surface area contributed by atoms with Crippen LogP contribution >= 0.6 is 0 Å². The minimum Gasteiger partial charge on any atom is -0.473 e. The summed E-state index contributed by atoms with van der Waals surface area (Å²) in [6, 6.07) is 10.3. The third-order valence-electron chi connectivity index (χ3n) is 9.25. The molecule has 0 saturated carbocycles. The van der Waals surface area contributed by atoms with Gasteiger partial charge in [-0.15, -0.1) is 0 Å². The van der Waals surface area contributed by atoms with Crippen LogP contribution in [0.15, 0.2) is 36.7 Å². The number of nitrogens with one attached hydrogen (secondary N) is 2. The number of nitrogens with zero attached hydrogens (tertiary/aromatic N) is 5. The molecule has 0 spiro atoms. The standard InChI is InChI=1S/C33H45N7O2Si/c1-22-15-28(30(36-19-22)42-25-10-13-40(6)14-11-25)39-31-35-12-9-27(38-31)23-16-24(18-34)29-26(17-23)33(5,20-37-29)21-41-43(7,8)32(2,3)4/h9,12,15-17,19,25,37H,10-11,13-14,20-21H2,1-8H3,(H,35,38,39)/t33-/m1/s1. The summed E-state index contributed by atoms with van der Waals surface area (Å²) >= 11 is 0. The lowest BCUT2D eigenvalue weighted by molar-refractivity contribution is 0.110. The van der Waals surface area contributed by atoms with Crippen molar-refractivity contribution in [3.63, 3.8) is 0 Å². The summed E-state index contributed by atoms with van der Waals surface area (Å²) in [5.74, 6) is 1.00. The van der Waals surface area contributed by atoms with Crippen molar-refractivity contribution in [3.05, 3.63) is 53.3 Å². The van der Waals surface area contributed by atoms with Gasteiger partial charge < -0.3 is 24.7 Å². The maximum atomic E-state index is 10.1. The molecule has 9 nitrogen and oxygen atoms in total. The van der Waals surface area contributed by atoms with Crippen molar-refractivity contribution >= 4 is 25.6 Å². The predicted molar refractivity (Wildman–Crippen MR) is 175 cm³/mol. The van der Waals surface area contributed by atoms with Crippen molar-refractivity contribution in [2.45, 2.75) is 77.1 Å². The van der Waals surface area contributed by atoms with Gasteiger partial charge >= 0.3 is 0 Å². The highest BCUT2D eigenvalue weighted by Crippen LogP contribution is 2.44. The molecule has 1 saturated heterocycles. The molecule has 3 aromatic rings. The lowest BCUT2D eigenvalue weighted by atomic mass is 9.83. The zero-order valence-corrected chi connectivity index (χ0v) is 27.8. The normalized spacial score (nSPS) is 19.4. The summed E-state index contributed by atoms with van der Waals surface area (Å²) in [6.07, 6.45) is 5.61. The maximum absolute atomic E-state index is 10.1. The van der Waals surface area contributed by atoms with Crippen LogP contribution in [0.5, 0.6) is 5.88 Å². The lowest BCUT2D eigenvalue weighted by Crippen LogP contribution is -2.45. The van der Waals surface area contributed by atoms with Gasteiger partial charge in [-0.1, -0.05) is 27.7 Å². The number of anilines is 3. The number of benzene rings is 1. The van der Waals surface area contributed by atoms with Crippen LogP contribution in [0.3, 0.4) is 0 Å². The van der Waals surface area contributed by atoms with Gasteiger partial charge in [0, 0.05) is 49.6 Å². The van der Waals surface area contributed by atoms with E-state index >= 15 is 0 Å². The Morgan fingerprint density at radius 3 is 2.63 bits per heavy atom. The molecule has 10 heteroatoms. The van der Waals surface area contributed by atoms with Crippen LogP contribution in [0, 0.1) is 18.3 Å². The average molecular weight is 600 g/mol. The van der Waals surface area contributed by atoms with Crippen molar-refractivity contribution in [1.82, 2.24) is 19.9 Å². The number of hydrogen-bond donors (Lipinski definition) is 2. The molecule has 0 bridgehead atoms. The van der Waals surface area contributed by atoms with Gasteiger partial charge in [-0.3, -0.25) is 0 Å². The molecule has 0 amide bonds. The minimum absolute atomic E-state index is 0.118. The molecule has 2 aromatic heterocycles. The molecule has 5 rings (SSSR count). The number of hydrogen-bond acceptors (Lipinski definition) is 9. The zero-order valence-electron chi connectivity index (χ0n) is 26.8. The first-order valence-electron chi connectivity index (χ1n) is 15.2. The molecule has 1 aromatic carbocycles. The molecule has 0 radical (unpaired) electrons. The van der Waals surface area contributed by atoms with Crippen LogP contribution in [0.2, 0.25) is 18.1 Å². The molecule has 43 heavy (non-hydrogen) atoms. The first-order valence-corrected chi connectivity index (χ1v) is 18.1. The minimum atomic E-state index is -1.95. The number of aromatic nitrogens is 3. The van der Waals surface area contributed by atoms with Crippen LogP contribution in [-0.4, -0.2) is 67.6 Å². The topological polar surface area (TPSA) is 108 Å². The molecule has 0 aliphatic carbocycles. The quantitative estimate of drug-likeness (QED) is 0.275. The van der Waals surface area contributed by atoms with Crippen LogP contribution in [0.1, 0.15) is 57.2 Å². The first-order chi connectivity index (χ1) is 20.3. The predicted octanol–water partition coefficient (Wildman–Crippen LogP) is 6.64. The fraction of sp³-hybridized carbons (Fsp3) is 0.515. The van der Waals surface area contributed by atoms with Crippen molar-refractivity contribution in [2.24, 2.45) is 0 Å². The number of piperidine rings is 1. The van der Waals surface area contributed by atoms with Crippen LogP contribution < -0.4 is 15.4 Å². The van der Waals surface area contributed by atoms with E-state index in [1.165, 1.54) is 0 Å². The maximum Gasteiger partial charge on any atom is 0.238 e. The van der Waals surface area contributed by atoms with Crippen LogP contribution in [-0.2, 0) is 9.84 Å². The fourth-order valence-corrected chi connectivity index (χ4v) is 6.42. The Bertz CT molecular complexity index is 1520. The Labute approximate surface area is 257 Å². The van der Waals surface area contributed by atoms with E-state index in [0.29, 0.717) is 30.5 Å². The Balaban J connectivity index is 1.42. The highest BCUT2D eigenvalue weighted by Gasteiger charge is 2.42. The smallest absolute Gasteiger partial charge is 0.238 e. The van der Waals surface area contributed by atoms with Crippen LogP contribution in [0.4, 0.5) is 17.3 Å². The van der Waals surface area contributed by atoms with Gasteiger partial charge in [0.1, 0.15) is 17.9 Å². The Morgan fingerprint density at radius 1 is 1.19 bits per heavy atom. The molecule has 2 aliphatic rings. The average Bonchev–Trinajstić information content (AvgIpc) is 3.30. The van der Waals surface area contributed by atoms with Crippen molar-refractivity contribution in [1.29, 1.82) is 5.26 Å². The SMILES string of the molecule is Cc1cnc(OC2CCN(C)CC2)c(Nc2nccc(-c3cc(C#N)c4c(c3)[C@@](C)(CO[Si](C)(C)C(C)(C)C)CN4)n2)c1. The van der Waals surface area contributed by atoms with Gasteiger partial charge in [0.2, 0.25) is 11.8 Å². The summed E-state index contributed by atoms with van der Waals surface area (Å²) in [5, 5.41) is 17.1. The molecule has 2 N–H and O–H groups in total. The molecule has 1 fully saturated rings. The van der Waals surface area contributed by atoms with E-state index in [-0.39, 0.29) is 16.6 Å². The van der Waals surface area contributed by atoms with E-state index in [1.807, 2.05) is 31.3 Å². The fourth-order valence-electron chi connectivity index (χ4n) is 5.31. The van der Waals surface area contributed by atoms with Gasteiger partial charge in [0.25, 0.3) is 0 Å². The lowest BCUT2D eigenvalue weighted by Gasteiger charge is -2.39. The number of pyridine rings is 1. The molecule has 0 unspecified atom stereocenters. The number of fused-ring (bicyclic) bond motifs is 1. The second kappa shape index (κ2) is 11.9. The van der Waals surface area contributed by atoms with E-state index in [4.69, 9.17) is 14.1 Å². The highest BCUT2D eigenvalue weighted by atomic mass is 28.4. The Morgan fingerprint density at radius 2 is 1.93 bits per heavy atom. The van der Waals surface area contributed by atoms with E-state index in [0.717, 1.165) is 59.7 Å². The molecule has 228 valence electrons. The number of ether oxygens (including phenoxy) is 1. The van der Waals surface area contributed by atoms with Crippen molar-refractivity contribution < 1.29 is 9.16 Å². The van der Waals surface area contributed by atoms with E-state index in [1.54, 1.807) is 6.20 Å². The number of nitriles is 1. The van der Waals surface area contributed by atoms with Crippen molar-refractivity contribution in [3.8, 4) is 23.2 Å². The third-order valence-corrected chi connectivity index (χ3v) is 13.7. The second-order valence-corrected chi connectivity index (χ2v) is 18.7. The van der Waals surface area contributed by atoms with Gasteiger partial charge in [0.05, 0.1) is 16.9 Å². The third kappa shape index (κ3) is 6.69. The van der Waals surface area contributed by atoms with Gasteiger partial charge in [-0.05, 0) is 80.3 Å². The summed E-state index contributed by atoms with van der Waals surface area (Å²) in [5.41, 5.74) is 5.66. The molecular formula is C33H45N7O2Si. The Hall–Kier alpha value is -3.52.